The van der Waals surface area contributed by atoms with Gasteiger partial charge in [-0.1, -0.05) is 34.6 Å². The molecular weight excluding hydrogens is 236 g/mol. The van der Waals surface area contributed by atoms with E-state index in [0.29, 0.717) is 11.5 Å². The first-order chi connectivity index (χ1) is 8.81. The van der Waals surface area contributed by atoms with Crippen molar-refractivity contribution in [2.75, 3.05) is 13.1 Å². The van der Waals surface area contributed by atoms with E-state index < -0.39 is 0 Å². The van der Waals surface area contributed by atoms with E-state index in [9.17, 15) is 4.79 Å². The summed E-state index contributed by atoms with van der Waals surface area (Å²) in [7, 11) is 0. The molecule has 2 aliphatic carbocycles. The van der Waals surface area contributed by atoms with E-state index in [1.807, 2.05) is 6.92 Å². The zero-order valence-electron chi connectivity index (χ0n) is 13.2. The molecule has 3 heteroatoms. The Labute approximate surface area is 117 Å². The molecule has 0 aromatic rings. The summed E-state index contributed by atoms with van der Waals surface area (Å²) in [5.41, 5.74) is 0.572. The summed E-state index contributed by atoms with van der Waals surface area (Å²) in [6.45, 7) is 12.8. The first-order valence-corrected chi connectivity index (χ1v) is 7.82. The normalized spacial score (nSPS) is 37.3. The Morgan fingerprint density at radius 3 is 2.58 bits per heavy atom. The highest BCUT2D eigenvalue weighted by molar-refractivity contribution is 5.79. The maximum atomic E-state index is 12.4. The first-order valence-electron chi connectivity index (χ1n) is 7.82. The molecule has 2 N–H and O–H groups in total. The van der Waals surface area contributed by atoms with Gasteiger partial charge in [0.05, 0.1) is 0 Å². The number of rotatable bonds is 5. The van der Waals surface area contributed by atoms with Crippen LogP contribution in [0.4, 0.5) is 0 Å². The lowest BCUT2D eigenvalue weighted by atomic mass is 9.68. The molecule has 2 rings (SSSR count). The lowest BCUT2D eigenvalue weighted by Gasteiger charge is -2.43. The van der Waals surface area contributed by atoms with Crippen molar-refractivity contribution in [2.45, 2.75) is 59.9 Å². The SMILES string of the molecule is CCNCC(C)C(=O)NC1C2(C)CCC(C2)C1(C)C. The van der Waals surface area contributed by atoms with Crippen molar-refractivity contribution in [1.29, 1.82) is 0 Å². The average molecular weight is 266 g/mol. The minimum absolute atomic E-state index is 0.0541. The monoisotopic (exact) mass is 266 g/mol. The Bertz CT molecular complexity index is 348. The van der Waals surface area contributed by atoms with Crippen LogP contribution in [0, 0.1) is 22.7 Å². The second-order valence-corrected chi connectivity index (χ2v) is 7.57. The fourth-order valence-corrected chi connectivity index (χ4v) is 4.40. The van der Waals surface area contributed by atoms with Crippen LogP contribution in [0.25, 0.3) is 0 Å². The molecule has 4 atom stereocenters. The molecule has 0 spiro atoms. The third-order valence-corrected chi connectivity index (χ3v) is 5.70. The predicted octanol–water partition coefficient (Wildman–Crippen LogP) is 2.56. The number of hydrogen-bond acceptors (Lipinski definition) is 2. The Kier molecular flexibility index (Phi) is 3.97. The maximum Gasteiger partial charge on any atom is 0.224 e. The van der Waals surface area contributed by atoms with Gasteiger partial charge in [0.25, 0.3) is 0 Å². The third kappa shape index (κ3) is 2.54. The van der Waals surface area contributed by atoms with Gasteiger partial charge in [0.2, 0.25) is 5.91 Å². The van der Waals surface area contributed by atoms with Gasteiger partial charge in [-0.15, -0.1) is 0 Å². The first kappa shape index (κ1) is 14.8. The van der Waals surface area contributed by atoms with Crippen LogP contribution in [0.5, 0.6) is 0 Å². The van der Waals surface area contributed by atoms with Crippen LogP contribution < -0.4 is 10.6 Å². The van der Waals surface area contributed by atoms with Gasteiger partial charge >= 0.3 is 0 Å². The molecular formula is C16H30N2O. The summed E-state index contributed by atoms with van der Waals surface area (Å²) in [5, 5.41) is 6.63. The van der Waals surface area contributed by atoms with Crippen LogP contribution in [0.3, 0.4) is 0 Å². The minimum atomic E-state index is 0.0541. The number of carbonyl (C=O) groups excluding carboxylic acids is 1. The number of amides is 1. The molecule has 2 saturated carbocycles. The topological polar surface area (TPSA) is 41.1 Å². The minimum Gasteiger partial charge on any atom is -0.352 e. The fraction of sp³-hybridized carbons (Fsp3) is 0.938. The largest absolute Gasteiger partial charge is 0.352 e. The molecule has 110 valence electrons. The third-order valence-electron chi connectivity index (χ3n) is 5.70. The molecule has 0 aromatic carbocycles. The number of fused-ring (bicyclic) bond motifs is 2. The van der Waals surface area contributed by atoms with Gasteiger partial charge in [0.15, 0.2) is 0 Å². The summed E-state index contributed by atoms with van der Waals surface area (Å²) in [6, 6.07) is 0.343. The van der Waals surface area contributed by atoms with E-state index >= 15 is 0 Å². The van der Waals surface area contributed by atoms with Gasteiger partial charge in [0, 0.05) is 18.5 Å². The molecule has 1 amide bonds. The molecule has 2 bridgehead atoms. The lowest BCUT2D eigenvalue weighted by molar-refractivity contribution is -0.127. The maximum absolute atomic E-state index is 12.4. The van der Waals surface area contributed by atoms with Gasteiger partial charge in [-0.3, -0.25) is 4.79 Å². The average Bonchev–Trinajstić information content (AvgIpc) is 2.82. The molecule has 0 radical (unpaired) electrons. The highest BCUT2D eigenvalue weighted by Crippen LogP contribution is 2.62. The smallest absolute Gasteiger partial charge is 0.224 e. The number of carbonyl (C=O) groups is 1. The van der Waals surface area contributed by atoms with Crippen molar-refractivity contribution < 1.29 is 4.79 Å². The van der Waals surface area contributed by atoms with Crippen molar-refractivity contribution in [2.24, 2.45) is 22.7 Å². The molecule has 0 heterocycles. The second kappa shape index (κ2) is 5.08. The van der Waals surface area contributed by atoms with E-state index in [2.05, 4.69) is 38.3 Å². The van der Waals surface area contributed by atoms with Crippen LogP contribution in [-0.2, 0) is 4.79 Å². The van der Waals surface area contributed by atoms with Gasteiger partial charge in [-0.2, -0.15) is 0 Å². The fourth-order valence-electron chi connectivity index (χ4n) is 4.40. The summed E-state index contributed by atoms with van der Waals surface area (Å²) in [5.74, 6) is 1.05. The van der Waals surface area contributed by atoms with Crippen LogP contribution in [0.15, 0.2) is 0 Å². The highest BCUT2D eigenvalue weighted by Gasteiger charge is 2.59. The van der Waals surface area contributed by atoms with E-state index in [-0.39, 0.29) is 17.2 Å². The highest BCUT2D eigenvalue weighted by atomic mass is 16.2. The van der Waals surface area contributed by atoms with Gasteiger partial charge < -0.3 is 10.6 Å². The molecule has 0 aromatic heterocycles. The summed E-state index contributed by atoms with van der Waals surface area (Å²) in [6.07, 6.45) is 3.89. The van der Waals surface area contributed by atoms with E-state index in [1.165, 1.54) is 19.3 Å². The van der Waals surface area contributed by atoms with Crippen LogP contribution in [0.2, 0.25) is 0 Å². The zero-order chi connectivity index (χ0) is 14.3. The van der Waals surface area contributed by atoms with E-state index in [0.717, 1.165) is 19.0 Å². The molecule has 2 aliphatic rings. The Morgan fingerprint density at radius 2 is 2.05 bits per heavy atom. The van der Waals surface area contributed by atoms with E-state index in [1.54, 1.807) is 0 Å². The van der Waals surface area contributed by atoms with Crippen LogP contribution in [0.1, 0.15) is 53.9 Å². The zero-order valence-corrected chi connectivity index (χ0v) is 13.2. The standard InChI is InChI=1S/C16H30N2O/c1-6-17-10-11(2)13(19)18-14-15(3,4)12-7-8-16(14,5)9-12/h11-12,14,17H,6-10H2,1-5H3,(H,18,19). The van der Waals surface area contributed by atoms with Gasteiger partial charge in [-0.05, 0) is 42.6 Å². The lowest BCUT2D eigenvalue weighted by Crippen LogP contribution is -2.54. The number of nitrogens with one attached hydrogen (secondary N) is 2. The molecule has 0 aliphatic heterocycles. The van der Waals surface area contributed by atoms with Crippen molar-refractivity contribution in [3.05, 3.63) is 0 Å². The van der Waals surface area contributed by atoms with Crippen molar-refractivity contribution in [3.8, 4) is 0 Å². The molecule has 3 nitrogen and oxygen atoms in total. The quantitative estimate of drug-likeness (QED) is 0.803. The summed E-state index contributed by atoms with van der Waals surface area (Å²) in [4.78, 5) is 12.4. The molecule has 19 heavy (non-hydrogen) atoms. The number of hydrogen-bond donors (Lipinski definition) is 2. The summed E-state index contributed by atoms with van der Waals surface area (Å²) >= 11 is 0. The molecule has 0 saturated heterocycles. The van der Waals surface area contributed by atoms with Gasteiger partial charge in [-0.25, -0.2) is 0 Å². The predicted molar refractivity (Wildman–Crippen MR) is 78.9 cm³/mol. The van der Waals surface area contributed by atoms with Crippen LogP contribution in [-0.4, -0.2) is 25.0 Å². The van der Waals surface area contributed by atoms with Gasteiger partial charge in [0.1, 0.15) is 0 Å². The summed E-state index contributed by atoms with van der Waals surface area (Å²) < 4.78 is 0. The van der Waals surface area contributed by atoms with Crippen molar-refractivity contribution in [3.63, 3.8) is 0 Å². The Hall–Kier alpha value is -0.570. The molecule has 2 fully saturated rings. The van der Waals surface area contributed by atoms with Crippen molar-refractivity contribution >= 4 is 5.91 Å². The van der Waals surface area contributed by atoms with E-state index in [4.69, 9.17) is 0 Å². The Balaban J connectivity index is 2.00. The Morgan fingerprint density at radius 1 is 1.37 bits per heavy atom. The van der Waals surface area contributed by atoms with Crippen LogP contribution >= 0.6 is 0 Å². The van der Waals surface area contributed by atoms with Crippen molar-refractivity contribution in [1.82, 2.24) is 10.6 Å². The second-order valence-electron chi connectivity index (χ2n) is 7.57. The molecule has 4 unspecified atom stereocenters.